The Bertz CT molecular complexity index is 1170. The number of amides is 1. The molecule has 10 heteroatoms. The van der Waals surface area contributed by atoms with E-state index in [2.05, 4.69) is 5.32 Å². The summed E-state index contributed by atoms with van der Waals surface area (Å²) in [6, 6.07) is 17.0. The van der Waals surface area contributed by atoms with E-state index in [9.17, 15) is 22.8 Å². The summed E-state index contributed by atoms with van der Waals surface area (Å²) in [5.74, 6) is -1.03. The fraction of sp³-hybridized carbons (Fsp3) is 0.167. The Morgan fingerprint density at radius 1 is 1.00 bits per heavy atom. The molecule has 0 saturated heterocycles. The summed E-state index contributed by atoms with van der Waals surface area (Å²) in [4.78, 5) is 23.0. The number of alkyl halides is 3. The molecular weight excluding hydrogens is 491 g/mol. The highest BCUT2D eigenvalue weighted by Crippen LogP contribution is 2.39. The summed E-state index contributed by atoms with van der Waals surface area (Å²) in [7, 11) is 0. The first-order valence-electron chi connectivity index (χ1n) is 9.99. The van der Waals surface area contributed by atoms with E-state index in [1.165, 1.54) is 30.3 Å². The number of halogens is 4. The van der Waals surface area contributed by atoms with Gasteiger partial charge in [0.2, 0.25) is 0 Å². The van der Waals surface area contributed by atoms with Gasteiger partial charge >= 0.3 is 12.1 Å². The number of hydrogen-bond acceptors (Lipinski definition) is 4. The number of carboxylic acid groups (broad SMARTS) is 1. The van der Waals surface area contributed by atoms with Gasteiger partial charge in [0, 0.05) is 11.3 Å². The van der Waals surface area contributed by atoms with Gasteiger partial charge in [0.05, 0.1) is 29.3 Å². The topological polar surface area (TPSA) is 75.6 Å². The molecule has 0 aromatic heterocycles. The van der Waals surface area contributed by atoms with Crippen LogP contribution < -0.4 is 10.1 Å². The fourth-order valence-electron chi connectivity index (χ4n) is 3.03. The summed E-state index contributed by atoms with van der Waals surface area (Å²) in [6.07, 6.45) is -4.47. The standard InChI is InChI=1S/C24H19ClF3NO4S/c25-19-8-6-16(13-22(30)31)12-20(19)29-23(32)34-21-9-7-17(14-18(21)24(26,27)28)33-11-10-15-4-2-1-3-5-15/h1-9,12,14H,10-11,13H2,(H,29,32)(H,30,31). The molecule has 5 nitrogen and oxygen atoms in total. The van der Waals surface area contributed by atoms with Gasteiger partial charge in [0.25, 0.3) is 5.24 Å². The molecule has 178 valence electrons. The molecule has 3 aromatic carbocycles. The molecule has 2 N–H and O–H groups in total. The molecule has 0 radical (unpaired) electrons. The molecule has 3 rings (SSSR count). The van der Waals surface area contributed by atoms with E-state index in [1.807, 2.05) is 30.3 Å². The number of thioether (sulfide) groups is 1. The van der Waals surface area contributed by atoms with Crippen LogP contribution in [0.15, 0.2) is 71.6 Å². The van der Waals surface area contributed by atoms with Crippen molar-refractivity contribution in [3.8, 4) is 5.75 Å². The average Bonchev–Trinajstić information content (AvgIpc) is 2.76. The zero-order valence-corrected chi connectivity index (χ0v) is 19.1. The third-order valence-corrected chi connectivity index (χ3v) is 5.78. The Morgan fingerprint density at radius 2 is 1.74 bits per heavy atom. The molecule has 0 saturated carbocycles. The van der Waals surface area contributed by atoms with Gasteiger partial charge in [-0.1, -0.05) is 48.0 Å². The molecule has 0 bridgehead atoms. The number of rotatable bonds is 8. The minimum atomic E-state index is -4.71. The van der Waals surface area contributed by atoms with Crippen LogP contribution in [0.5, 0.6) is 5.75 Å². The molecule has 34 heavy (non-hydrogen) atoms. The number of nitrogens with one attached hydrogen (secondary N) is 1. The quantitative estimate of drug-likeness (QED) is 0.322. The van der Waals surface area contributed by atoms with Crippen molar-refractivity contribution in [2.45, 2.75) is 23.9 Å². The van der Waals surface area contributed by atoms with Crippen molar-refractivity contribution >= 4 is 40.3 Å². The average molecular weight is 510 g/mol. The van der Waals surface area contributed by atoms with Crippen molar-refractivity contribution in [2.24, 2.45) is 0 Å². The van der Waals surface area contributed by atoms with E-state index in [0.717, 1.165) is 11.6 Å². The molecule has 0 unspecified atom stereocenters. The van der Waals surface area contributed by atoms with E-state index in [1.54, 1.807) is 0 Å². The monoisotopic (exact) mass is 509 g/mol. The molecule has 0 aliphatic carbocycles. The van der Waals surface area contributed by atoms with Crippen molar-refractivity contribution in [1.82, 2.24) is 0 Å². The highest BCUT2D eigenvalue weighted by atomic mass is 35.5. The number of carbonyl (C=O) groups is 2. The normalized spacial score (nSPS) is 11.2. The Balaban J connectivity index is 1.71. The minimum Gasteiger partial charge on any atom is -0.493 e. The SMILES string of the molecule is O=C(O)Cc1ccc(Cl)c(NC(=O)Sc2ccc(OCCc3ccccc3)cc2C(F)(F)F)c1. The Kier molecular flexibility index (Phi) is 8.46. The van der Waals surface area contributed by atoms with E-state index < -0.39 is 22.9 Å². The number of carboxylic acids is 1. The van der Waals surface area contributed by atoms with E-state index in [4.69, 9.17) is 21.4 Å². The molecular formula is C24H19ClF3NO4S. The lowest BCUT2D eigenvalue weighted by Crippen LogP contribution is -2.11. The van der Waals surface area contributed by atoms with Crippen molar-refractivity contribution in [3.63, 3.8) is 0 Å². The zero-order chi connectivity index (χ0) is 24.7. The van der Waals surface area contributed by atoms with Gasteiger partial charge in [-0.25, -0.2) is 0 Å². The second-order valence-electron chi connectivity index (χ2n) is 7.14. The number of hydrogen-bond donors (Lipinski definition) is 2. The molecule has 0 spiro atoms. The van der Waals surface area contributed by atoms with Gasteiger partial charge in [-0.05, 0) is 53.2 Å². The first kappa shape index (κ1) is 25.5. The Morgan fingerprint density at radius 3 is 2.41 bits per heavy atom. The minimum absolute atomic E-state index is 0.0393. The van der Waals surface area contributed by atoms with Crippen LogP contribution in [0.4, 0.5) is 23.7 Å². The van der Waals surface area contributed by atoms with Gasteiger partial charge in [-0.15, -0.1) is 0 Å². The number of anilines is 1. The second kappa shape index (κ2) is 11.3. The van der Waals surface area contributed by atoms with E-state index in [-0.39, 0.29) is 34.4 Å². The van der Waals surface area contributed by atoms with Gasteiger partial charge in [-0.3, -0.25) is 9.59 Å². The first-order valence-corrected chi connectivity index (χ1v) is 11.2. The molecule has 3 aromatic rings. The lowest BCUT2D eigenvalue weighted by molar-refractivity contribution is -0.140. The van der Waals surface area contributed by atoms with Crippen molar-refractivity contribution in [2.75, 3.05) is 11.9 Å². The maximum Gasteiger partial charge on any atom is 0.417 e. The second-order valence-corrected chi connectivity index (χ2v) is 8.56. The van der Waals surface area contributed by atoms with Crippen LogP contribution in [0.25, 0.3) is 0 Å². The highest BCUT2D eigenvalue weighted by Gasteiger charge is 2.35. The van der Waals surface area contributed by atoms with Crippen LogP contribution in [0.1, 0.15) is 16.7 Å². The van der Waals surface area contributed by atoms with Crippen LogP contribution in [-0.4, -0.2) is 22.9 Å². The third kappa shape index (κ3) is 7.43. The van der Waals surface area contributed by atoms with Crippen molar-refractivity contribution in [3.05, 3.63) is 88.4 Å². The molecule has 0 fully saturated rings. The summed E-state index contributed by atoms with van der Waals surface area (Å²) in [6.45, 7) is 0.194. The van der Waals surface area contributed by atoms with Gasteiger partial charge in [0.1, 0.15) is 5.75 Å². The number of carbonyl (C=O) groups excluding carboxylic acids is 1. The summed E-state index contributed by atoms with van der Waals surface area (Å²) in [5.41, 5.74) is 0.474. The largest absolute Gasteiger partial charge is 0.493 e. The van der Waals surface area contributed by atoms with E-state index in [0.29, 0.717) is 23.7 Å². The fourth-order valence-corrected chi connectivity index (χ4v) is 3.98. The lowest BCUT2D eigenvalue weighted by Gasteiger charge is -2.15. The van der Waals surface area contributed by atoms with Gasteiger partial charge in [0.15, 0.2) is 0 Å². The smallest absolute Gasteiger partial charge is 0.417 e. The first-order chi connectivity index (χ1) is 16.1. The Labute approximate surface area is 202 Å². The summed E-state index contributed by atoms with van der Waals surface area (Å²) < 4.78 is 46.4. The summed E-state index contributed by atoms with van der Waals surface area (Å²) in [5, 5.41) is 10.6. The molecule has 0 heterocycles. The maximum atomic E-state index is 13.7. The molecule has 0 atom stereocenters. The number of aliphatic carboxylic acids is 1. The van der Waals surface area contributed by atoms with Gasteiger partial charge < -0.3 is 15.2 Å². The van der Waals surface area contributed by atoms with Crippen molar-refractivity contribution in [1.29, 1.82) is 0 Å². The van der Waals surface area contributed by atoms with Crippen LogP contribution in [0.2, 0.25) is 5.02 Å². The zero-order valence-electron chi connectivity index (χ0n) is 17.6. The van der Waals surface area contributed by atoms with Crippen LogP contribution in [0, 0.1) is 0 Å². The third-order valence-electron chi connectivity index (χ3n) is 4.58. The molecule has 0 aliphatic rings. The van der Waals surface area contributed by atoms with Gasteiger partial charge in [-0.2, -0.15) is 13.2 Å². The molecule has 0 aliphatic heterocycles. The lowest BCUT2D eigenvalue weighted by atomic mass is 10.1. The van der Waals surface area contributed by atoms with Crippen LogP contribution in [-0.2, 0) is 23.8 Å². The van der Waals surface area contributed by atoms with Crippen LogP contribution >= 0.6 is 23.4 Å². The predicted molar refractivity (Wildman–Crippen MR) is 125 cm³/mol. The number of benzene rings is 3. The maximum absolute atomic E-state index is 13.7. The van der Waals surface area contributed by atoms with E-state index >= 15 is 0 Å². The van der Waals surface area contributed by atoms with Crippen LogP contribution in [0.3, 0.4) is 0 Å². The predicted octanol–water partition coefficient (Wildman–Crippen LogP) is 6.93. The summed E-state index contributed by atoms with van der Waals surface area (Å²) >= 11 is 6.38. The highest BCUT2D eigenvalue weighted by molar-refractivity contribution is 8.14. The van der Waals surface area contributed by atoms with Crippen molar-refractivity contribution < 1.29 is 32.6 Å². The Hall–Kier alpha value is -3.17. The molecule has 1 amide bonds. The number of ether oxygens (including phenoxy) is 1.